The van der Waals surface area contributed by atoms with Gasteiger partial charge in [-0.1, -0.05) is 28.1 Å². The Morgan fingerprint density at radius 1 is 1.21 bits per heavy atom. The average molecular weight is 482 g/mol. The van der Waals surface area contributed by atoms with Gasteiger partial charge >= 0.3 is 6.61 Å². The molecule has 152 valence electrons. The van der Waals surface area contributed by atoms with E-state index in [1.165, 1.54) is 23.5 Å². The standard InChI is InChI=1S/C20H18BrF2N3O2S/c1-27-10-9-24-20-26(25-12-14-3-2-4-16(21)11-14)18(13-29-20)15-5-7-17(8-6-15)28-19(22)23/h2-8,11-13,19H,9-10H2,1H3/b24-20?,25-12+. The second kappa shape index (κ2) is 10.4. The highest BCUT2D eigenvalue weighted by Crippen LogP contribution is 2.24. The smallest absolute Gasteiger partial charge is 0.387 e. The summed E-state index contributed by atoms with van der Waals surface area (Å²) in [5.74, 6) is 0.105. The Morgan fingerprint density at radius 3 is 2.69 bits per heavy atom. The Hall–Kier alpha value is -2.36. The maximum Gasteiger partial charge on any atom is 0.387 e. The molecule has 0 fully saturated rings. The monoisotopic (exact) mass is 481 g/mol. The van der Waals surface area contributed by atoms with E-state index in [1.807, 2.05) is 29.6 Å². The molecule has 0 saturated carbocycles. The van der Waals surface area contributed by atoms with Gasteiger partial charge in [-0.05, 0) is 42.0 Å². The molecule has 3 aromatic rings. The van der Waals surface area contributed by atoms with E-state index in [-0.39, 0.29) is 5.75 Å². The summed E-state index contributed by atoms with van der Waals surface area (Å²) in [6.45, 7) is -1.85. The van der Waals surface area contributed by atoms with Gasteiger partial charge in [0.25, 0.3) is 0 Å². The molecule has 2 aromatic carbocycles. The van der Waals surface area contributed by atoms with Crippen molar-refractivity contribution in [2.45, 2.75) is 6.61 Å². The van der Waals surface area contributed by atoms with Crippen LogP contribution in [0.25, 0.3) is 11.3 Å². The van der Waals surface area contributed by atoms with Crippen LogP contribution in [-0.2, 0) is 4.74 Å². The van der Waals surface area contributed by atoms with Gasteiger partial charge in [0, 0.05) is 22.5 Å². The summed E-state index contributed by atoms with van der Waals surface area (Å²) in [6, 6.07) is 14.2. The highest BCUT2D eigenvalue weighted by Gasteiger charge is 2.09. The van der Waals surface area contributed by atoms with Gasteiger partial charge in [0.2, 0.25) is 4.80 Å². The summed E-state index contributed by atoms with van der Waals surface area (Å²) in [5, 5.41) is 6.52. The van der Waals surface area contributed by atoms with Crippen molar-refractivity contribution in [1.29, 1.82) is 0 Å². The Bertz CT molecular complexity index is 1030. The maximum absolute atomic E-state index is 12.4. The first-order chi connectivity index (χ1) is 14.1. The molecular weight excluding hydrogens is 464 g/mol. The van der Waals surface area contributed by atoms with E-state index in [9.17, 15) is 8.78 Å². The highest BCUT2D eigenvalue weighted by molar-refractivity contribution is 9.10. The maximum atomic E-state index is 12.4. The van der Waals surface area contributed by atoms with Gasteiger partial charge in [-0.3, -0.25) is 4.99 Å². The number of thiazole rings is 1. The number of rotatable bonds is 8. The zero-order chi connectivity index (χ0) is 20.6. The number of hydrogen-bond acceptors (Lipinski definition) is 5. The van der Waals surface area contributed by atoms with Crippen molar-refractivity contribution < 1.29 is 18.3 Å². The molecule has 5 nitrogen and oxygen atoms in total. The predicted octanol–water partition coefficient (Wildman–Crippen LogP) is 5.01. The topological polar surface area (TPSA) is 48.1 Å². The van der Waals surface area contributed by atoms with Crippen molar-refractivity contribution in [2.24, 2.45) is 10.1 Å². The van der Waals surface area contributed by atoms with Crippen LogP contribution in [0, 0.1) is 0 Å². The van der Waals surface area contributed by atoms with E-state index in [4.69, 9.17) is 4.74 Å². The third-order valence-electron chi connectivity index (χ3n) is 3.77. The van der Waals surface area contributed by atoms with E-state index < -0.39 is 6.61 Å². The van der Waals surface area contributed by atoms with Crippen molar-refractivity contribution in [2.75, 3.05) is 20.3 Å². The van der Waals surface area contributed by atoms with Crippen LogP contribution in [0.4, 0.5) is 8.78 Å². The lowest BCUT2D eigenvalue weighted by molar-refractivity contribution is -0.0498. The normalized spacial score (nSPS) is 12.2. The molecule has 1 aromatic heterocycles. The van der Waals surface area contributed by atoms with Crippen LogP contribution >= 0.6 is 27.3 Å². The van der Waals surface area contributed by atoms with Gasteiger partial charge in [-0.15, -0.1) is 11.3 Å². The average Bonchev–Trinajstić information content (AvgIpc) is 3.09. The summed E-state index contributed by atoms with van der Waals surface area (Å²) in [5.41, 5.74) is 2.52. The van der Waals surface area contributed by atoms with Crippen LogP contribution in [0.1, 0.15) is 5.56 Å². The number of nitrogens with zero attached hydrogens (tertiary/aromatic N) is 3. The molecule has 0 amide bonds. The lowest BCUT2D eigenvalue weighted by Gasteiger charge is -2.07. The van der Waals surface area contributed by atoms with Crippen LogP contribution in [0.2, 0.25) is 0 Å². The van der Waals surface area contributed by atoms with E-state index in [0.717, 1.165) is 21.3 Å². The molecule has 0 atom stereocenters. The number of ether oxygens (including phenoxy) is 2. The predicted molar refractivity (Wildman–Crippen MR) is 114 cm³/mol. The molecule has 0 radical (unpaired) electrons. The van der Waals surface area contributed by atoms with E-state index in [0.29, 0.717) is 18.0 Å². The number of hydrogen-bond donors (Lipinski definition) is 0. The molecule has 0 saturated heterocycles. The van der Waals surface area contributed by atoms with Crippen molar-refractivity contribution in [3.8, 4) is 17.0 Å². The van der Waals surface area contributed by atoms with Crippen LogP contribution in [0.3, 0.4) is 0 Å². The highest BCUT2D eigenvalue weighted by atomic mass is 79.9. The molecule has 9 heteroatoms. The van der Waals surface area contributed by atoms with Gasteiger partial charge in [0.15, 0.2) is 0 Å². The number of halogens is 3. The molecule has 0 N–H and O–H groups in total. The first-order valence-electron chi connectivity index (χ1n) is 8.62. The van der Waals surface area contributed by atoms with Gasteiger partial charge in [-0.2, -0.15) is 13.9 Å². The van der Waals surface area contributed by atoms with Crippen LogP contribution in [-0.4, -0.2) is 37.8 Å². The largest absolute Gasteiger partial charge is 0.435 e. The molecule has 0 bridgehead atoms. The quantitative estimate of drug-likeness (QED) is 0.335. The fourth-order valence-corrected chi connectivity index (χ4v) is 3.75. The summed E-state index contributed by atoms with van der Waals surface area (Å²) in [7, 11) is 1.62. The molecule has 1 heterocycles. The minimum atomic E-state index is -2.85. The summed E-state index contributed by atoms with van der Waals surface area (Å²) < 4.78 is 36.9. The Balaban J connectivity index is 1.97. The Kier molecular flexibility index (Phi) is 7.68. The number of benzene rings is 2. The van der Waals surface area contributed by atoms with Crippen LogP contribution in [0.5, 0.6) is 5.75 Å². The van der Waals surface area contributed by atoms with Crippen molar-refractivity contribution in [3.63, 3.8) is 0 Å². The number of alkyl halides is 2. The lowest BCUT2D eigenvalue weighted by atomic mass is 10.2. The zero-order valence-corrected chi connectivity index (χ0v) is 17.9. The minimum Gasteiger partial charge on any atom is -0.435 e. The molecule has 0 aliphatic heterocycles. The number of methoxy groups -OCH3 is 1. The van der Waals surface area contributed by atoms with E-state index in [2.05, 4.69) is 30.8 Å². The van der Waals surface area contributed by atoms with E-state index >= 15 is 0 Å². The van der Waals surface area contributed by atoms with Gasteiger partial charge in [0.05, 0.1) is 25.1 Å². The van der Waals surface area contributed by atoms with Crippen molar-refractivity contribution in [1.82, 2.24) is 4.68 Å². The molecule has 0 unspecified atom stereocenters. The van der Waals surface area contributed by atoms with Crippen LogP contribution in [0.15, 0.2) is 68.5 Å². The zero-order valence-electron chi connectivity index (χ0n) is 15.5. The molecule has 3 rings (SSSR count). The molecular formula is C20H18BrF2N3O2S. The second-order valence-electron chi connectivity index (χ2n) is 5.79. The van der Waals surface area contributed by atoms with Crippen molar-refractivity contribution in [3.05, 3.63) is 68.7 Å². The van der Waals surface area contributed by atoms with E-state index in [1.54, 1.807) is 30.1 Å². The molecule has 0 spiro atoms. The van der Waals surface area contributed by atoms with Gasteiger partial charge < -0.3 is 9.47 Å². The molecule has 0 aliphatic rings. The Morgan fingerprint density at radius 2 is 2.00 bits per heavy atom. The Labute approximate surface area is 179 Å². The number of aromatic nitrogens is 1. The van der Waals surface area contributed by atoms with Gasteiger partial charge in [0.1, 0.15) is 5.75 Å². The molecule has 29 heavy (non-hydrogen) atoms. The van der Waals surface area contributed by atoms with Crippen molar-refractivity contribution >= 4 is 33.5 Å². The first-order valence-corrected chi connectivity index (χ1v) is 10.3. The minimum absolute atomic E-state index is 0.105. The third kappa shape index (κ3) is 6.06. The van der Waals surface area contributed by atoms with Gasteiger partial charge in [-0.25, -0.2) is 4.68 Å². The SMILES string of the molecule is COCCN=c1scc(-c2ccc(OC(F)F)cc2)n1/N=C/c1cccc(Br)c1. The first kappa shape index (κ1) is 21.4. The second-order valence-corrected chi connectivity index (χ2v) is 7.54. The summed E-state index contributed by atoms with van der Waals surface area (Å²) in [4.78, 5) is 5.24. The van der Waals surface area contributed by atoms with Crippen LogP contribution < -0.4 is 9.54 Å². The summed E-state index contributed by atoms with van der Waals surface area (Å²) in [6.07, 6.45) is 1.74. The summed E-state index contributed by atoms with van der Waals surface area (Å²) >= 11 is 4.89. The lowest BCUT2D eigenvalue weighted by Crippen LogP contribution is -2.13. The molecule has 0 aliphatic carbocycles. The fraction of sp³-hybridized carbons (Fsp3) is 0.200. The fourth-order valence-electron chi connectivity index (χ4n) is 2.47. The third-order valence-corrected chi connectivity index (χ3v) is 5.12.